The molecule has 0 fully saturated rings. The van der Waals surface area contributed by atoms with Crippen LogP contribution >= 0.6 is 0 Å². The summed E-state index contributed by atoms with van der Waals surface area (Å²) in [7, 11) is 0. The van der Waals surface area contributed by atoms with E-state index in [1.54, 1.807) is 0 Å². The molecule has 22 heavy (non-hydrogen) atoms. The number of allylic oxidation sites excluding steroid dienone is 1. The van der Waals surface area contributed by atoms with Crippen molar-refractivity contribution in [2.24, 2.45) is 0 Å². The molecular formula is C20H32O2. The Labute approximate surface area is 136 Å². The summed E-state index contributed by atoms with van der Waals surface area (Å²) in [4.78, 5) is 0. The van der Waals surface area contributed by atoms with Crippen LogP contribution in [-0.2, 0) is 6.42 Å². The number of ether oxygens (including phenoxy) is 1. The maximum Gasteiger partial charge on any atom is 0.126 e. The molecule has 1 rings (SSSR count). The molecule has 124 valence electrons. The molecule has 1 aromatic rings. The van der Waals surface area contributed by atoms with E-state index in [4.69, 9.17) is 9.84 Å². The zero-order valence-corrected chi connectivity index (χ0v) is 14.3. The highest BCUT2D eigenvalue weighted by molar-refractivity contribution is 5.58. The molecular weight excluding hydrogens is 272 g/mol. The van der Waals surface area contributed by atoms with Crippen molar-refractivity contribution in [1.29, 1.82) is 0 Å². The predicted octanol–water partition coefficient (Wildman–Crippen LogP) is 5.38. The van der Waals surface area contributed by atoms with Crippen LogP contribution in [0.1, 0.15) is 69.9 Å². The molecule has 0 aromatic heterocycles. The second-order valence-electron chi connectivity index (χ2n) is 5.82. The van der Waals surface area contributed by atoms with Crippen molar-refractivity contribution in [2.45, 2.75) is 65.2 Å². The molecule has 0 saturated carbocycles. The first-order valence-corrected chi connectivity index (χ1v) is 8.81. The number of aliphatic hydroxyl groups is 1. The van der Waals surface area contributed by atoms with E-state index in [0.29, 0.717) is 6.61 Å². The van der Waals surface area contributed by atoms with Crippen LogP contribution in [-0.4, -0.2) is 18.3 Å². The van der Waals surface area contributed by atoms with Crippen molar-refractivity contribution in [3.8, 4) is 5.75 Å². The summed E-state index contributed by atoms with van der Waals surface area (Å²) in [5.41, 5.74) is 2.48. The van der Waals surface area contributed by atoms with Gasteiger partial charge in [0.1, 0.15) is 12.4 Å². The number of benzene rings is 1. The quantitative estimate of drug-likeness (QED) is 0.525. The molecule has 2 heteroatoms. The van der Waals surface area contributed by atoms with Gasteiger partial charge in [-0.05, 0) is 37.5 Å². The summed E-state index contributed by atoms with van der Waals surface area (Å²) in [5, 5.41) is 8.88. The van der Waals surface area contributed by atoms with Gasteiger partial charge in [0, 0.05) is 5.56 Å². The van der Waals surface area contributed by atoms with Gasteiger partial charge >= 0.3 is 0 Å². The SMILES string of the molecule is C/C=C/c1cc(CCCCCCCCC)ccc1OCCO. The molecule has 1 N–H and O–H groups in total. The molecule has 0 unspecified atom stereocenters. The monoisotopic (exact) mass is 304 g/mol. The zero-order valence-electron chi connectivity index (χ0n) is 14.3. The lowest BCUT2D eigenvalue weighted by Crippen LogP contribution is -2.03. The highest BCUT2D eigenvalue weighted by Gasteiger charge is 2.03. The molecule has 0 saturated heterocycles. The third kappa shape index (κ3) is 7.65. The lowest BCUT2D eigenvalue weighted by molar-refractivity contribution is 0.201. The van der Waals surface area contributed by atoms with Crippen LogP contribution < -0.4 is 4.74 Å². The van der Waals surface area contributed by atoms with E-state index in [1.807, 2.05) is 19.1 Å². The van der Waals surface area contributed by atoms with Crippen LogP contribution in [0, 0.1) is 0 Å². The molecule has 0 bridgehead atoms. The minimum absolute atomic E-state index is 0.0507. The summed E-state index contributed by atoms with van der Waals surface area (Å²) in [6, 6.07) is 6.39. The molecule has 1 aromatic carbocycles. The maximum atomic E-state index is 8.88. The van der Waals surface area contributed by atoms with Gasteiger partial charge < -0.3 is 9.84 Å². The predicted molar refractivity (Wildman–Crippen MR) is 95.4 cm³/mol. The standard InChI is InChI=1S/C20H32O2/c1-3-5-6-7-8-9-10-12-18-13-14-20(22-16-15-21)19(17-18)11-4-2/h4,11,13-14,17,21H,3,5-10,12,15-16H2,1-2H3/b11-4+. The Kier molecular flexibility index (Phi) is 10.5. The van der Waals surface area contributed by atoms with E-state index in [2.05, 4.69) is 25.1 Å². The van der Waals surface area contributed by atoms with Gasteiger partial charge in [-0.3, -0.25) is 0 Å². The van der Waals surface area contributed by atoms with Gasteiger partial charge in [-0.15, -0.1) is 0 Å². The van der Waals surface area contributed by atoms with Crippen LogP contribution in [0.4, 0.5) is 0 Å². The van der Waals surface area contributed by atoms with Gasteiger partial charge in [-0.2, -0.15) is 0 Å². The molecule has 0 heterocycles. The topological polar surface area (TPSA) is 29.5 Å². The minimum Gasteiger partial charge on any atom is -0.491 e. The van der Waals surface area contributed by atoms with E-state index in [1.165, 1.54) is 50.5 Å². The highest BCUT2D eigenvalue weighted by atomic mass is 16.5. The fraction of sp³-hybridized carbons (Fsp3) is 0.600. The third-order valence-electron chi connectivity index (χ3n) is 3.84. The number of unbranched alkanes of at least 4 members (excludes halogenated alkanes) is 6. The maximum absolute atomic E-state index is 8.88. The summed E-state index contributed by atoms with van der Waals surface area (Å²) in [6.07, 6.45) is 14.6. The molecule has 0 spiro atoms. The summed E-state index contributed by atoms with van der Waals surface area (Å²) >= 11 is 0. The van der Waals surface area contributed by atoms with E-state index in [-0.39, 0.29) is 6.61 Å². The van der Waals surface area contributed by atoms with Gasteiger partial charge in [0.2, 0.25) is 0 Å². The molecule has 0 amide bonds. The second kappa shape index (κ2) is 12.3. The smallest absolute Gasteiger partial charge is 0.126 e. The van der Waals surface area contributed by atoms with E-state index >= 15 is 0 Å². The van der Waals surface area contributed by atoms with E-state index in [0.717, 1.165) is 17.7 Å². The largest absolute Gasteiger partial charge is 0.491 e. The lowest BCUT2D eigenvalue weighted by Gasteiger charge is -2.10. The average Bonchev–Trinajstić information content (AvgIpc) is 2.53. The van der Waals surface area contributed by atoms with Crippen LogP contribution in [0.5, 0.6) is 5.75 Å². The minimum atomic E-state index is 0.0507. The van der Waals surface area contributed by atoms with Crippen molar-refractivity contribution >= 4 is 6.08 Å². The van der Waals surface area contributed by atoms with Gasteiger partial charge in [0.15, 0.2) is 0 Å². The zero-order chi connectivity index (χ0) is 16.0. The highest BCUT2D eigenvalue weighted by Crippen LogP contribution is 2.23. The third-order valence-corrected chi connectivity index (χ3v) is 3.84. The van der Waals surface area contributed by atoms with Gasteiger partial charge in [0.05, 0.1) is 6.61 Å². The number of hydrogen-bond acceptors (Lipinski definition) is 2. The average molecular weight is 304 g/mol. The first-order chi connectivity index (χ1) is 10.8. The molecule has 0 radical (unpaired) electrons. The van der Waals surface area contributed by atoms with Crippen molar-refractivity contribution in [3.63, 3.8) is 0 Å². The van der Waals surface area contributed by atoms with Crippen molar-refractivity contribution in [3.05, 3.63) is 35.4 Å². The Hall–Kier alpha value is -1.28. The summed E-state index contributed by atoms with van der Waals surface area (Å²) in [6.45, 7) is 4.67. The Morgan fingerprint density at radius 3 is 2.45 bits per heavy atom. The molecule has 0 aliphatic heterocycles. The molecule has 0 aliphatic rings. The van der Waals surface area contributed by atoms with E-state index < -0.39 is 0 Å². The number of hydrogen-bond donors (Lipinski definition) is 1. The van der Waals surface area contributed by atoms with Gasteiger partial charge in [-0.1, -0.05) is 63.7 Å². The lowest BCUT2D eigenvalue weighted by atomic mass is 10.0. The Morgan fingerprint density at radius 1 is 1.05 bits per heavy atom. The van der Waals surface area contributed by atoms with Crippen LogP contribution in [0.15, 0.2) is 24.3 Å². The first kappa shape index (κ1) is 18.8. The molecule has 0 atom stereocenters. The first-order valence-electron chi connectivity index (χ1n) is 8.81. The Balaban J connectivity index is 2.41. The van der Waals surface area contributed by atoms with Crippen LogP contribution in [0.3, 0.4) is 0 Å². The van der Waals surface area contributed by atoms with Crippen LogP contribution in [0.2, 0.25) is 0 Å². The van der Waals surface area contributed by atoms with Crippen molar-refractivity contribution in [2.75, 3.05) is 13.2 Å². The Bertz CT molecular complexity index is 424. The van der Waals surface area contributed by atoms with Crippen molar-refractivity contribution in [1.82, 2.24) is 0 Å². The Morgan fingerprint density at radius 2 is 1.77 bits per heavy atom. The fourth-order valence-electron chi connectivity index (χ4n) is 2.64. The summed E-state index contributed by atoms with van der Waals surface area (Å²) < 4.78 is 5.57. The van der Waals surface area contributed by atoms with Gasteiger partial charge in [0.25, 0.3) is 0 Å². The van der Waals surface area contributed by atoms with Crippen LogP contribution in [0.25, 0.3) is 6.08 Å². The number of aliphatic hydroxyl groups excluding tert-OH is 1. The number of aryl methyl sites for hydroxylation is 1. The fourth-order valence-corrected chi connectivity index (χ4v) is 2.64. The molecule has 0 aliphatic carbocycles. The summed E-state index contributed by atoms with van der Waals surface area (Å²) in [5.74, 6) is 0.857. The normalized spacial score (nSPS) is 11.2. The second-order valence-corrected chi connectivity index (χ2v) is 5.82. The van der Waals surface area contributed by atoms with Gasteiger partial charge in [-0.25, -0.2) is 0 Å². The van der Waals surface area contributed by atoms with E-state index in [9.17, 15) is 0 Å². The molecule has 2 nitrogen and oxygen atoms in total. The number of rotatable bonds is 12. The van der Waals surface area contributed by atoms with Crippen molar-refractivity contribution < 1.29 is 9.84 Å².